The first-order chi connectivity index (χ1) is 10.1. The molecule has 3 heteroatoms. The van der Waals surface area contributed by atoms with Crippen LogP contribution >= 0.6 is 34.8 Å². The third kappa shape index (κ3) is 8.92. The van der Waals surface area contributed by atoms with Gasteiger partial charge in [-0.05, 0) is 12.3 Å². The zero-order valence-electron chi connectivity index (χ0n) is 13.7. The van der Waals surface area contributed by atoms with Crippen LogP contribution in [-0.4, -0.2) is 3.79 Å². The molecule has 1 saturated carbocycles. The fraction of sp³-hybridized carbons (Fsp3) is 1.00. The Bertz CT molecular complexity index is 239. The fourth-order valence-electron chi connectivity index (χ4n) is 3.70. The molecule has 1 fully saturated rings. The highest BCUT2D eigenvalue weighted by molar-refractivity contribution is 6.67. The van der Waals surface area contributed by atoms with E-state index in [2.05, 4.69) is 6.92 Å². The minimum Gasteiger partial charge on any atom is -0.0834 e. The van der Waals surface area contributed by atoms with Crippen molar-refractivity contribution in [3.63, 3.8) is 0 Å². The lowest BCUT2D eigenvalue weighted by Crippen LogP contribution is -2.28. The minimum atomic E-state index is -1.08. The molecule has 0 N–H and O–H groups in total. The number of alkyl halides is 3. The van der Waals surface area contributed by atoms with Gasteiger partial charge in [0.2, 0.25) is 0 Å². The first-order valence-electron chi connectivity index (χ1n) is 9.12. The second-order valence-electron chi connectivity index (χ2n) is 6.81. The topological polar surface area (TPSA) is 0 Å². The van der Waals surface area contributed by atoms with E-state index in [1.165, 1.54) is 83.5 Å². The van der Waals surface area contributed by atoms with Crippen molar-refractivity contribution in [2.24, 2.45) is 11.8 Å². The highest BCUT2D eigenvalue weighted by Crippen LogP contribution is 2.45. The molecule has 0 aromatic rings. The molecule has 1 atom stereocenters. The average molecular weight is 356 g/mol. The predicted octanol–water partition coefficient (Wildman–Crippen LogP) is 8.08. The zero-order valence-corrected chi connectivity index (χ0v) is 16.0. The van der Waals surface area contributed by atoms with Crippen molar-refractivity contribution in [1.29, 1.82) is 0 Å². The lowest BCUT2D eigenvalue weighted by atomic mass is 9.80. The summed E-state index contributed by atoms with van der Waals surface area (Å²) in [6, 6.07) is 0. The number of rotatable bonds is 8. The summed E-state index contributed by atoms with van der Waals surface area (Å²) < 4.78 is -1.08. The van der Waals surface area contributed by atoms with Gasteiger partial charge in [0, 0.05) is 5.92 Å². The van der Waals surface area contributed by atoms with Crippen LogP contribution in [0.5, 0.6) is 0 Å². The number of halogens is 3. The third-order valence-electron chi connectivity index (χ3n) is 5.01. The Kier molecular flexibility index (Phi) is 10.8. The molecule has 0 spiro atoms. The molecule has 0 heterocycles. The molecule has 0 amide bonds. The normalized spacial score (nSPS) is 20.0. The Morgan fingerprint density at radius 3 is 1.90 bits per heavy atom. The van der Waals surface area contributed by atoms with Gasteiger partial charge < -0.3 is 0 Å². The van der Waals surface area contributed by atoms with Crippen LogP contribution in [0.1, 0.15) is 96.8 Å². The molecule has 0 nitrogen and oxygen atoms in total. The van der Waals surface area contributed by atoms with E-state index in [4.69, 9.17) is 34.8 Å². The van der Waals surface area contributed by atoms with Gasteiger partial charge in [-0.2, -0.15) is 0 Å². The Morgan fingerprint density at radius 1 is 0.810 bits per heavy atom. The minimum absolute atomic E-state index is 0.256. The van der Waals surface area contributed by atoms with Gasteiger partial charge in [-0.25, -0.2) is 0 Å². The Labute approximate surface area is 147 Å². The van der Waals surface area contributed by atoms with Crippen LogP contribution in [-0.2, 0) is 0 Å². The van der Waals surface area contributed by atoms with Gasteiger partial charge in [0.15, 0.2) is 3.79 Å². The Balaban J connectivity index is 2.39. The summed E-state index contributed by atoms with van der Waals surface area (Å²) in [5.74, 6) is 0.875. The number of hydrogen-bond donors (Lipinski definition) is 0. The van der Waals surface area contributed by atoms with Gasteiger partial charge in [-0.15, -0.1) is 0 Å². The van der Waals surface area contributed by atoms with E-state index in [0.29, 0.717) is 5.92 Å². The first-order valence-corrected chi connectivity index (χ1v) is 10.3. The molecule has 0 aliphatic heterocycles. The number of hydrogen-bond acceptors (Lipinski definition) is 0. The largest absolute Gasteiger partial charge is 0.193 e. The molecule has 0 aromatic heterocycles. The summed E-state index contributed by atoms with van der Waals surface area (Å²) in [5, 5.41) is 0. The van der Waals surface area contributed by atoms with Crippen molar-refractivity contribution in [2.75, 3.05) is 0 Å². The van der Waals surface area contributed by atoms with E-state index >= 15 is 0 Å². The standard InChI is InChI=1S/C18H33Cl3/c1-2-3-4-5-9-12-15-17(18(19,20)21)16-13-10-7-6-8-11-14-16/h16-17H,2-15H2,1H3. The molecular formula is C18H33Cl3. The molecule has 0 radical (unpaired) electrons. The molecule has 1 aliphatic carbocycles. The van der Waals surface area contributed by atoms with Crippen LogP contribution in [0.2, 0.25) is 0 Å². The fourth-order valence-corrected chi connectivity index (χ4v) is 4.56. The van der Waals surface area contributed by atoms with Crippen molar-refractivity contribution < 1.29 is 0 Å². The highest BCUT2D eigenvalue weighted by Gasteiger charge is 2.37. The molecule has 21 heavy (non-hydrogen) atoms. The quantitative estimate of drug-likeness (QED) is 0.305. The van der Waals surface area contributed by atoms with Gasteiger partial charge >= 0.3 is 0 Å². The van der Waals surface area contributed by atoms with Gasteiger partial charge in [-0.1, -0.05) is 125 Å². The maximum Gasteiger partial charge on any atom is 0.193 e. The summed E-state index contributed by atoms with van der Waals surface area (Å²) in [6.07, 6.45) is 18.2. The van der Waals surface area contributed by atoms with Crippen LogP contribution in [0, 0.1) is 11.8 Å². The van der Waals surface area contributed by atoms with Crippen molar-refractivity contribution in [1.82, 2.24) is 0 Å². The molecule has 0 aromatic carbocycles. The second-order valence-corrected chi connectivity index (χ2v) is 9.18. The Hall–Kier alpha value is 0.870. The van der Waals surface area contributed by atoms with E-state index in [0.717, 1.165) is 6.42 Å². The van der Waals surface area contributed by atoms with Crippen molar-refractivity contribution in [3.05, 3.63) is 0 Å². The van der Waals surface area contributed by atoms with Crippen LogP contribution in [0.25, 0.3) is 0 Å². The van der Waals surface area contributed by atoms with Gasteiger partial charge in [0.05, 0.1) is 0 Å². The summed E-state index contributed by atoms with van der Waals surface area (Å²) in [5.41, 5.74) is 0. The van der Waals surface area contributed by atoms with Crippen molar-refractivity contribution >= 4 is 34.8 Å². The van der Waals surface area contributed by atoms with Gasteiger partial charge in [0.1, 0.15) is 0 Å². The summed E-state index contributed by atoms with van der Waals surface area (Å²) >= 11 is 19.0. The third-order valence-corrected chi connectivity index (χ3v) is 5.85. The van der Waals surface area contributed by atoms with E-state index in [-0.39, 0.29) is 5.92 Å². The second kappa shape index (κ2) is 11.4. The predicted molar refractivity (Wildman–Crippen MR) is 97.6 cm³/mol. The van der Waals surface area contributed by atoms with Crippen molar-refractivity contribution in [2.45, 2.75) is 101 Å². The van der Waals surface area contributed by atoms with Gasteiger partial charge in [-0.3, -0.25) is 0 Å². The molecule has 1 aliphatic rings. The van der Waals surface area contributed by atoms with E-state index < -0.39 is 3.79 Å². The van der Waals surface area contributed by atoms with Crippen LogP contribution in [0.15, 0.2) is 0 Å². The smallest absolute Gasteiger partial charge is 0.0834 e. The van der Waals surface area contributed by atoms with E-state index in [1.54, 1.807) is 0 Å². The molecule has 1 unspecified atom stereocenters. The summed E-state index contributed by atoms with van der Waals surface area (Å²) in [7, 11) is 0. The summed E-state index contributed by atoms with van der Waals surface area (Å²) in [6.45, 7) is 2.26. The lowest BCUT2D eigenvalue weighted by molar-refractivity contribution is 0.248. The molecule has 0 bridgehead atoms. The monoisotopic (exact) mass is 354 g/mol. The molecule has 1 rings (SSSR count). The lowest BCUT2D eigenvalue weighted by Gasteiger charge is -2.33. The summed E-state index contributed by atoms with van der Waals surface area (Å²) in [4.78, 5) is 0. The van der Waals surface area contributed by atoms with Crippen LogP contribution < -0.4 is 0 Å². The maximum absolute atomic E-state index is 6.32. The molecular weight excluding hydrogens is 323 g/mol. The molecule has 126 valence electrons. The molecule has 0 saturated heterocycles. The zero-order chi connectivity index (χ0) is 15.6. The van der Waals surface area contributed by atoms with Gasteiger partial charge in [0.25, 0.3) is 0 Å². The maximum atomic E-state index is 6.32. The van der Waals surface area contributed by atoms with Crippen LogP contribution in [0.3, 0.4) is 0 Å². The van der Waals surface area contributed by atoms with E-state index in [1.807, 2.05) is 0 Å². The van der Waals surface area contributed by atoms with Crippen molar-refractivity contribution in [3.8, 4) is 0 Å². The SMILES string of the molecule is CCCCCCCCC(C1CCCCCCC1)C(Cl)(Cl)Cl. The number of unbranched alkanes of at least 4 members (excludes halogenated alkanes) is 5. The average Bonchev–Trinajstić information content (AvgIpc) is 2.37. The van der Waals surface area contributed by atoms with E-state index in [9.17, 15) is 0 Å². The highest BCUT2D eigenvalue weighted by atomic mass is 35.6. The van der Waals surface area contributed by atoms with Crippen LogP contribution in [0.4, 0.5) is 0 Å². The first kappa shape index (κ1) is 19.9. The Morgan fingerprint density at radius 2 is 1.33 bits per heavy atom.